The second kappa shape index (κ2) is 7.36. The molecule has 0 saturated carbocycles. The summed E-state index contributed by atoms with van der Waals surface area (Å²) in [7, 11) is 1.64. The Morgan fingerprint density at radius 2 is 1.88 bits per heavy atom. The molecule has 126 valence electrons. The Kier molecular flexibility index (Phi) is 5.01. The minimum atomic E-state index is -0.644. The molecule has 2 aromatic rings. The van der Waals surface area contributed by atoms with Crippen molar-refractivity contribution in [1.29, 1.82) is 0 Å². The normalized spacial score (nSPS) is 20.0. The van der Waals surface area contributed by atoms with Crippen LogP contribution in [0.1, 0.15) is 18.5 Å². The van der Waals surface area contributed by atoms with Gasteiger partial charge in [0.25, 0.3) is 0 Å². The molecule has 3 rings (SSSR count). The first kappa shape index (κ1) is 16.3. The number of hydrogen-bond acceptors (Lipinski definition) is 5. The Balaban J connectivity index is 1.93. The molecule has 2 atom stereocenters. The van der Waals surface area contributed by atoms with Gasteiger partial charge in [-0.05, 0) is 36.8 Å². The van der Waals surface area contributed by atoms with Gasteiger partial charge in [0.05, 0.1) is 19.8 Å². The molecule has 1 fully saturated rings. The van der Waals surface area contributed by atoms with Crippen molar-refractivity contribution in [2.45, 2.75) is 19.1 Å². The quantitative estimate of drug-likeness (QED) is 0.790. The van der Waals surface area contributed by atoms with Gasteiger partial charge in [-0.3, -0.25) is 0 Å². The molecule has 5 heteroatoms. The van der Waals surface area contributed by atoms with Crippen molar-refractivity contribution >= 4 is 11.7 Å². The van der Waals surface area contributed by atoms with E-state index in [2.05, 4.69) is 4.90 Å². The van der Waals surface area contributed by atoms with Gasteiger partial charge in [0, 0.05) is 5.69 Å². The highest BCUT2D eigenvalue weighted by atomic mass is 16.6. The van der Waals surface area contributed by atoms with Gasteiger partial charge >= 0.3 is 5.97 Å². The van der Waals surface area contributed by atoms with Gasteiger partial charge in [-0.1, -0.05) is 30.3 Å². The third-order valence-corrected chi connectivity index (χ3v) is 4.08. The minimum Gasteiger partial charge on any atom is -0.497 e. The fourth-order valence-corrected chi connectivity index (χ4v) is 2.93. The van der Waals surface area contributed by atoms with Crippen molar-refractivity contribution in [3.05, 3.63) is 60.2 Å². The van der Waals surface area contributed by atoms with Gasteiger partial charge in [-0.2, -0.15) is 0 Å². The van der Waals surface area contributed by atoms with Crippen LogP contribution in [0, 0.1) is 0 Å². The fraction of sp³-hybridized carbons (Fsp3) is 0.316. The summed E-state index contributed by atoms with van der Waals surface area (Å²) < 4.78 is 16.2. The second-order valence-electron chi connectivity index (χ2n) is 5.49. The molecule has 24 heavy (non-hydrogen) atoms. The number of methoxy groups -OCH3 is 1. The maximum atomic E-state index is 12.3. The van der Waals surface area contributed by atoms with Crippen molar-refractivity contribution in [3.8, 4) is 5.75 Å². The molecule has 1 aliphatic heterocycles. The van der Waals surface area contributed by atoms with E-state index in [4.69, 9.17) is 14.2 Å². The molecule has 2 aromatic carbocycles. The summed E-state index contributed by atoms with van der Waals surface area (Å²) >= 11 is 0. The summed E-state index contributed by atoms with van der Waals surface area (Å²) in [5, 5.41) is 0. The number of anilines is 1. The van der Waals surface area contributed by atoms with Gasteiger partial charge in [-0.25, -0.2) is 4.79 Å². The van der Waals surface area contributed by atoms with Crippen molar-refractivity contribution in [2.75, 3.05) is 25.3 Å². The molecule has 0 aliphatic carbocycles. The smallest absolute Gasteiger partial charge is 0.337 e. The molecule has 1 saturated heterocycles. The minimum absolute atomic E-state index is 0.223. The van der Waals surface area contributed by atoms with E-state index in [1.165, 1.54) is 0 Å². The van der Waals surface area contributed by atoms with Crippen LogP contribution in [0.25, 0.3) is 0 Å². The lowest BCUT2D eigenvalue weighted by Gasteiger charge is -2.27. The highest BCUT2D eigenvalue weighted by molar-refractivity contribution is 5.78. The predicted octanol–water partition coefficient (Wildman–Crippen LogP) is 3.16. The highest BCUT2D eigenvalue weighted by Gasteiger charge is 2.42. The summed E-state index contributed by atoms with van der Waals surface area (Å²) in [6.07, 6.45) is -0.644. The van der Waals surface area contributed by atoms with E-state index in [0.29, 0.717) is 13.3 Å². The first-order chi connectivity index (χ1) is 11.7. The summed E-state index contributed by atoms with van der Waals surface area (Å²) in [4.78, 5) is 14.4. The number of rotatable bonds is 5. The number of nitrogens with zero attached hydrogens (tertiary/aromatic N) is 1. The first-order valence-electron chi connectivity index (χ1n) is 7.98. The molecule has 0 aromatic heterocycles. The highest BCUT2D eigenvalue weighted by Crippen LogP contribution is 2.37. The van der Waals surface area contributed by atoms with Crippen molar-refractivity contribution in [3.63, 3.8) is 0 Å². The average Bonchev–Trinajstić information content (AvgIpc) is 3.08. The molecule has 0 bridgehead atoms. The molecule has 0 spiro atoms. The largest absolute Gasteiger partial charge is 0.497 e. The van der Waals surface area contributed by atoms with E-state index in [1.54, 1.807) is 14.0 Å². The van der Waals surface area contributed by atoms with Gasteiger partial charge in [0.1, 0.15) is 12.5 Å². The van der Waals surface area contributed by atoms with Gasteiger partial charge in [-0.15, -0.1) is 0 Å². The van der Waals surface area contributed by atoms with Gasteiger partial charge < -0.3 is 19.1 Å². The number of esters is 1. The maximum Gasteiger partial charge on any atom is 0.337 e. The van der Waals surface area contributed by atoms with Crippen molar-refractivity contribution in [1.82, 2.24) is 0 Å². The van der Waals surface area contributed by atoms with Crippen molar-refractivity contribution in [2.24, 2.45) is 0 Å². The molecular weight excluding hydrogens is 306 g/mol. The summed E-state index contributed by atoms with van der Waals surface area (Å²) in [6.45, 7) is 2.46. The zero-order valence-corrected chi connectivity index (χ0v) is 13.8. The van der Waals surface area contributed by atoms with E-state index < -0.39 is 6.10 Å². The number of hydrogen-bond donors (Lipinski definition) is 0. The Bertz CT molecular complexity index is 672. The Hall–Kier alpha value is -2.53. The van der Waals surface area contributed by atoms with E-state index in [1.807, 2.05) is 54.6 Å². The van der Waals surface area contributed by atoms with Crippen LogP contribution in [0.3, 0.4) is 0 Å². The summed E-state index contributed by atoms with van der Waals surface area (Å²) in [5.41, 5.74) is 1.99. The molecule has 5 nitrogen and oxygen atoms in total. The average molecular weight is 327 g/mol. The van der Waals surface area contributed by atoms with Crippen LogP contribution >= 0.6 is 0 Å². The van der Waals surface area contributed by atoms with Crippen LogP contribution in [0.2, 0.25) is 0 Å². The Morgan fingerprint density at radius 3 is 2.50 bits per heavy atom. The number of ether oxygens (including phenoxy) is 3. The van der Waals surface area contributed by atoms with Crippen LogP contribution in [0.5, 0.6) is 5.75 Å². The third-order valence-electron chi connectivity index (χ3n) is 4.08. The fourth-order valence-electron chi connectivity index (χ4n) is 2.93. The van der Waals surface area contributed by atoms with Crippen LogP contribution in [-0.4, -0.2) is 32.5 Å². The predicted molar refractivity (Wildman–Crippen MR) is 91.0 cm³/mol. The zero-order valence-electron chi connectivity index (χ0n) is 13.8. The molecule has 0 unspecified atom stereocenters. The van der Waals surface area contributed by atoms with Crippen molar-refractivity contribution < 1.29 is 19.0 Å². The molecule has 1 aliphatic rings. The van der Waals surface area contributed by atoms with Crippen LogP contribution in [0.15, 0.2) is 54.6 Å². The van der Waals surface area contributed by atoms with Crippen LogP contribution < -0.4 is 9.64 Å². The van der Waals surface area contributed by atoms with E-state index >= 15 is 0 Å². The van der Waals surface area contributed by atoms with Crippen LogP contribution in [0.4, 0.5) is 5.69 Å². The maximum absolute atomic E-state index is 12.3. The van der Waals surface area contributed by atoms with Crippen LogP contribution in [-0.2, 0) is 14.3 Å². The van der Waals surface area contributed by atoms with E-state index in [0.717, 1.165) is 17.0 Å². The topological polar surface area (TPSA) is 48.0 Å². The molecule has 0 radical (unpaired) electrons. The monoisotopic (exact) mass is 327 g/mol. The number of carbonyl (C=O) groups excluding carboxylic acids is 1. The van der Waals surface area contributed by atoms with Gasteiger partial charge in [0.15, 0.2) is 6.10 Å². The van der Waals surface area contributed by atoms with E-state index in [-0.39, 0.29) is 12.0 Å². The second-order valence-corrected chi connectivity index (χ2v) is 5.49. The zero-order chi connectivity index (χ0) is 16.9. The third kappa shape index (κ3) is 3.21. The SMILES string of the molecule is CCOC(=O)[C@@H]1OCN(c2ccc(OC)cc2)[C@@H]1c1ccccc1. The lowest BCUT2D eigenvalue weighted by molar-refractivity contribution is -0.154. The Morgan fingerprint density at radius 1 is 1.17 bits per heavy atom. The molecule has 0 amide bonds. The lowest BCUT2D eigenvalue weighted by atomic mass is 10.00. The molecular formula is C19H21NO4. The standard InChI is InChI=1S/C19H21NO4/c1-3-23-19(21)18-17(14-7-5-4-6-8-14)20(13-24-18)15-9-11-16(22-2)12-10-15/h4-12,17-18H,3,13H2,1-2H3/t17-,18-/m1/s1. The first-order valence-corrected chi connectivity index (χ1v) is 7.98. The number of carbonyl (C=O) groups is 1. The molecule has 1 heterocycles. The van der Waals surface area contributed by atoms with E-state index in [9.17, 15) is 4.79 Å². The summed E-state index contributed by atoms with van der Waals surface area (Å²) in [5.74, 6) is 0.458. The van der Waals surface area contributed by atoms with Gasteiger partial charge in [0.2, 0.25) is 0 Å². The Labute approximate surface area is 141 Å². The summed E-state index contributed by atoms with van der Waals surface area (Å²) in [6, 6.07) is 17.4. The molecule has 0 N–H and O–H groups in total. The lowest BCUT2D eigenvalue weighted by Crippen LogP contribution is -2.33. The number of benzene rings is 2.